The van der Waals surface area contributed by atoms with E-state index < -0.39 is 0 Å². The Kier molecular flexibility index (Phi) is 4.29. The molecule has 0 saturated carbocycles. The number of imidazole rings is 1. The van der Waals surface area contributed by atoms with Gasteiger partial charge in [-0.3, -0.25) is 4.40 Å². The third kappa shape index (κ3) is 3.01. The average molecular weight is 367 g/mol. The monoisotopic (exact) mass is 367 g/mol. The van der Waals surface area contributed by atoms with Gasteiger partial charge in [0.05, 0.1) is 12.8 Å². The van der Waals surface area contributed by atoms with Gasteiger partial charge in [-0.2, -0.15) is 4.68 Å². The van der Waals surface area contributed by atoms with Gasteiger partial charge in [-0.15, -0.1) is 5.10 Å². The highest BCUT2D eigenvalue weighted by Crippen LogP contribution is 2.27. The number of tetrazole rings is 1. The number of ether oxygens (including phenoxy) is 1. The fraction of sp³-hybridized carbons (Fsp3) is 0.235. The second-order valence-electron chi connectivity index (χ2n) is 5.77. The van der Waals surface area contributed by atoms with Crippen molar-refractivity contribution < 1.29 is 4.74 Å². The van der Waals surface area contributed by atoms with Gasteiger partial charge in [-0.05, 0) is 42.5 Å². The van der Waals surface area contributed by atoms with Crippen LogP contribution in [0.5, 0.6) is 5.75 Å². The van der Waals surface area contributed by atoms with Crippen LogP contribution in [0.4, 0.5) is 0 Å². The molecule has 0 aliphatic heterocycles. The summed E-state index contributed by atoms with van der Waals surface area (Å²) in [4.78, 5) is 9.07. The molecule has 0 fully saturated rings. The van der Waals surface area contributed by atoms with Gasteiger partial charge in [0.15, 0.2) is 0 Å². The number of nitrogens with zero attached hydrogens (tertiary/aromatic N) is 7. The van der Waals surface area contributed by atoms with Crippen molar-refractivity contribution in [1.82, 2.24) is 34.6 Å². The summed E-state index contributed by atoms with van der Waals surface area (Å²) in [5, 5.41) is 12.7. The van der Waals surface area contributed by atoms with Gasteiger partial charge in [-0.25, -0.2) is 9.97 Å². The minimum atomic E-state index is 0.636. The van der Waals surface area contributed by atoms with Gasteiger partial charge >= 0.3 is 0 Å². The van der Waals surface area contributed by atoms with E-state index in [9.17, 15) is 0 Å². The predicted octanol–water partition coefficient (Wildman–Crippen LogP) is 2.62. The zero-order valence-electron chi connectivity index (χ0n) is 14.6. The quantitative estimate of drug-likeness (QED) is 0.501. The number of fused-ring (bicyclic) bond motifs is 1. The van der Waals surface area contributed by atoms with Crippen molar-refractivity contribution in [1.29, 1.82) is 0 Å². The largest absolute Gasteiger partial charge is 0.494 e. The molecule has 9 heteroatoms. The van der Waals surface area contributed by atoms with Crippen molar-refractivity contribution in [2.75, 3.05) is 7.11 Å². The maximum Gasteiger partial charge on any atom is 0.234 e. The Morgan fingerprint density at radius 1 is 1.15 bits per heavy atom. The SMILES string of the molecule is COc1ccccc1-n1nnnc1SCc1cn2c(C)cc(C)nc2n1. The molecule has 0 N–H and O–H groups in total. The Labute approximate surface area is 154 Å². The van der Waals surface area contributed by atoms with E-state index in [1.807, 2.05) is 54.8 Å². The number of benzene rings is 1. The number of hydrogen-bond donors (Lipinski definition) is 0. The lowest BCUT2D eigenvalue weighted by molar-refractivity contribution is 0.410. The highest BCUT2D eigenvalue weighted by Gasteiger charge is 2.14. The van der Waals surface area contributed by atoms with Crippen LogP contribution in [-0.2, 0) is 5.75 Å². The molecule has 4 rings (SSSR count). The molecular weight excluding hydrogens is 350 g/mol. The zero-order valence-corrected chi connectivity index (χ0v) is 15.4. The summed E-state index contributed by atoms with van der Waals surface area (Å²) in [6.45, 7) is 4.01. The molecule has 1 aromatic carbocycles. The highest BCUT2D eigenvalue weighted by molar-refractivity contribution is 7.98. The van der Waals surface area contributed by atoms with Crippen LogP contribution in [0, 0.1) is 13.8 Å². The third-order valence-corrected chi connectivity index (χ3v) is 4.87. The Morgan fingerprint density at radius 2 is 2.00 bits per heavy atom. The van der Waals surface area contributed by atoms with Gasteiger partial charge in [0.1, 0.15) is 11.4 Å². The summed E-state index contributed by atoms with van der Waals surface area (Å²) in [5.74, 6) is 2.06. The van der Waals surface area contributed by atoms with Crippen molar-refractivity contribution in [3.05, 3.63) is 53.6 Å². The zero-order chi connectivity index (χ0) is 18.1. The third-order valence-electron chi connectivity index (χ3n) is 3.91. The normalized spacial score (nSPS) is 11.2. The average Bonchev–Trinajstić information content (AvgIpc) is 3.26. The molecule has 8 nitrogen and oxygen atoms in total. The number of rotatable bonds is 5. The van der Waals surface area contributed by atoms with Crippen LogP contribution in [0.1, 0.15) is 17.1 Å². The Morgan fingerprint density at radius 3 is 2.85 bits per heavy atom. The maximum atomic E-state index is 5.40. The number of aryl methyl sites for hydroxylation is 2. The van der Waals surface area contributed by atoms with Crippen molar-refractivity contribution in [2.45, 2.75) is 24.8 Å². The first kappa shape index (κ1) is 16.5. The molecule has 3 aromatic heterocycles. The molecule has 4 aromatic rings. The number of methoxy groups -OCH3 is 1. The van der Waals surface area contributed by atoms with E-state index >= 15 is 0 Å². The number of thioether (sulfide) groups is 1. The van der Waals surface area contributed by atoms with Gasteiger partial charge in [0, 0.05) is 23.3 Å². The lowest BCUT2D eigenvalue weighted by Gasteiger charge is -2.08. The van der Waals surface area contributed by atoms with Gasteiger partial charge in [0.25, 0.3) is 0 Å². The standard InChI is InChI=1S/C17H17N7OS/c1-11-8-12(2)23-9-13(19-16(23)18-11)10-26-17-20-21-22-24(17)14-6-4-5-7-15(14)25-3/h4-9H,10H2,1-3H3. The minimum Gasteiger partial charge on any atom is -0.494 e. The molecule has 0 spiro atoms. The van der Waals surface area contributed by atoms with Crippen LogP contribution >= 0.6 is 11.8 Å². The van der Waals surface area contributed by atoms with Crippen molar-refractivity contribution >= 4 is 17.5 Å². The fourth-order valence-corrected chi connectivity index (χ4v) is 3.52. The summed E-state index contributed by atoms with van der Waals surface area (Å²) in [6.07, 6.45) is 2.00. The molecule has 0 atom stereocenters. The highest BCUT2D eigenvalue weighted by atomic mass is 32.2. The van der Waals surface area contributed by atoms with Gasteiger partial charge < -0.3 is 4.74 Å². The number of hydrogen-bond acceptors (Lipinski definition) is 7. The van der Waals surface area contributed by atoms with E-state index in [1.54, 1.807) is 11.8 Å². The molecule has 0 saturated heterocycles. The van der Waals surface area contributed by atoms with E-state index in [0.29, 0.717) is 22.4 Å². The van der Waals surface area contributed by atoms with Gasteiger partial charge in [0.2, 0.25) is 10.9 Å². The first-order valence-corrected chi connectivity index (χ1v) is 9.01. The van der Waals surface area contributed by atoms with Crippen LogP contribution in [0.25, 0.3) is 11.5 Å². The lowest BCUT2D eigenvalue weighted by Crippen LogP contribution is -2.01. The number of aromatic nitrogens is 7. The first-order valence-electron chi connectivity index (χ1n) is 8.02. The summed E-state index contributed by atoms with van der Waals surface area (Å²) < 4.78 is 9.07. The van der Waals surface area contributed by atoms with Crippen LogP contribution < -0.4 is 4.74 Å². The Bertz CT molecular complexity index is 1070. The second-order valence-corrected chi connectivity index (χ2v) is 6.72. The first-order chi connectivity index (χ1) is 12.7. The molecule has 3 heterocycles. The molecule has 0 aliphatic carbocycles. The summed E-state index contributed by atoms with van der Waals surface area (Å²) in [5.41, 5.74) is 3.78. The van der Waals surface area contributed by atoms with Crippen LogP contribution in [0.2, 0.25) is 0 Å². The Balaban J connectivity index is 1.60. The van der Waals surface area contributed by atoms with Crippen LogP contribution in [-0.4, -0.2) is 41.7 Å². The van der Waals surface area contributed by atoms with Crippen molar-refractivity contribution in [3.8, 4) is 11.4 Å². The van der Waals surface area contributed by atoms with Crippen LogP contribution in [0.15, 0.2) is 41.7 Å². The van der Waals surface area contributed by atoms with E-state index in [2.05, 4.69) is 25.5 Å². The molecule has 0 radical (unpaired) electrons. The molecule has 26 heavy (non-hydrogen) atoms. The maximum absolute atomic E-state index is 5.40. The summed E-state index contributed by atoms with van der Waals surface area (Å²) in [7, 11) is 1.63. The van der Waals surface area contributed by atoms with Gasteiger partial charge in [-0.1, -0.05) is 23.9 Å². The van der Waals surface area contributed by atoms with E-state index in [0.717, 1.165) is 22.8 Å². The second kappa shape index (κ2) is 6.75. The van der Waals surface area contributed by atoms with E-state index in [-0.39, 0.29) is 0 Å². The minimum absolute atomic E-state index is 0.636. The molecule has 0 unspecified atom stereocenters. The number of para-hydroxylation sites is 2. The molecule has 0 aliphatic rings. The molecule has 0 bridgehead atoms. The smallest absolute Gasteiger partial charge is 0.234 e. The fourth-order valence-electron chi connectivity index (χ4n) is 2.75. The topological polar surface area (TPSA) is 83.0 Å². The molecule has 0 amide bonds. The van der Waals surface area contributed by atoms with Crippen molar-refractivity contribution in [2.24, 2.45) is 0 Å². The summed E-state index contributed by atoms with van der Waals surface area (Å²) in [6, 6.07) is 9.67. The van der Waals surface area contributed by atoms with Crippen LogP contribution in [0.3, 0.4) is 0 Å². The molecule has 132 valence electrons. The molecular formula is C17H17N7OS. The summed E-state index contributed by atoms with van der Waals surface area (Å²) >= 11 is 1.51. The van der Waals surface area contributed by atoms with E-state index in [1.165, 1.54) is 11.8 Å². The lowest BCUT2D eigenvalue weighted by atomic mass is 10.3. The van der Waals surface area contributed by atoms with Crippen molar-refractivity contribution in [3.63, 3.8) is 0 Å². The Hall–Kier alpha value is -2.94. The van der Waals surface area contributed by atoms with E-state index in [4.69, 9.17) is 4.74 Å². The predicted molar refractivity (Wildman–Crippen MR) is 97.7 cm³/mol.